The lowest BCUT2D eigenvalue weighted by Gasteiger charge is -2.52. The van der Waals surface area contributed by atoms with Gasteiger partial charge in [-0.2, -0.15) is 0 Å². The van der Waals surface area contributed by atoms with Gasteiger partial charge in [0.1, 0.15) is 0 Å². The normalized spacial score (nSPS) is 34.8. The monoisotopic (exact) mass is 426 g/mol. The van der Waals surface area contributed by atoms with Crippen LogP contribution in [0.3, 0.4) is 0 Å². The van der Waals surface area contributed by atoms with E-state index in [2.05, 4.69) is 16.6 Å². The van der Waals surface area contributed by atoms with E-state index in [0.29, 0.717) is 12.6 Å². The molecule has 2 amide bonds. The van der Waals surface area contributed by atoms with Crippen LogP contribution in [0.5, 0.6) is 0 Å². The number of aliphatic imine (C=N–C) groups is 1. The minimum atomic E-state index is -2.84. The molecule has 0 unspecified atom stereocenters. The van der Waals surface area contributed by atoms with Crippen molar-refractivity contribution in [3.8, 4) is 0 Å². The number of alkyl halides is 2. The average Bonchev–Trinajstić information content (AvgIpc) is 3.28. The molecule has 0 aromatic rings. The Morgan fingerprint density at radius 1 is 1.10 bits per heavy atom. The Bertz CT molecular complexity index is 690. The van der Waals surface area contributed by atoms with E-state index in [-0.39, 0.29) is 24.1 Å². The van der Waals surface area contributed by atoms with Crippen LogP contribution in [0.15, 0.2) is 4.99 Å². The Kier molecular flexibility index (Phi) is 5.87. The van der Waals surface area contributed by atoms with Gasteiger partial charge >= 0.3 is 6.09 Å². The molecule has 0 radical (unpaired) electrons. The zero-order valence-corrected chi connectivity index (χ0v) is 17.7. The van der Waals surface area contributed by atoms with Crippen molar-refractivity contribution in [2.24, 2.45) is 10.4 Å². The van der Waals surface area contributed by atoms with Crippen molar-refractivity contribution < 1.29 is 23.1 Å². The zero-order valence-electron chi connectivity index (χ0n) is 17.7. The van der Waals surface area contributed by atoms with Gasteiger partial charge in [-0.05, 0) is 64.2 Å². The maximum absolute atomic E-state index is 14.0. The molecule has 3 saturated heterocycles. The van der Waals surface area contributed by atoms with Crippen molar-refractivity contribution in [3.63, 3.8) is 0 Å². The van der Waals surface area contributed by atoms with E-state index in [9.17, 15) is 18.4 Å². The van der Waals surface area contributed by atoms with Gasteiger partial charge in [-0.3, -0.25) is 9.69 Å². The highest BCUT2D eigenvalue weighted by Crippen LogP contribution is 2.50. The summed E-state index contributed by atoms with van der Waals surface area (Å²) in [6.45, 7) is 8.36. The van der Waals surface area contributed by atoms with E-state index in [1.807, 2.05) is 11.8 Å². The first-order chi connectivity index (χ1) is 14.3. The summed E-state index contributed by atoms with van der Waals surface area (Å²) in [4.78, 5) is 33.3. The summed E-state index contributed by atoms with van der Waals surface area (Å²) >= 11 is 0. The van der Waals surface area contributed by atoms with E-state index in [1.165, 1.54) is 0 Å². The summed E-state index contributed by atoms with van der Waals surface area (Å²) in [6, 6.07) is -0.348. The van der Waals surface area contributed by atoms with Crippen LogP contribution in [0.2, 0.25) is 0 Å². The SMILES string of the molecule is C=NC(=O)[C@H]1CC(F)(F)CN1C1CCN(C2CC3(CCN(C(=O)OCC)C3)C2)CC1. The smallest absolute Gasteiger partial charge is 0.409 e. The molecule has 1 atom stereocenters. The molecule has 4 fully saturated rings. The van der Waals surface area contributed by atoms with Crippen LogP contribution in [0.4, 0.5) is 13.6 Å². The van der Waals surface area contributed by atoms with E-state index in [1.54, 1.807) is 4.90 Å². The van der Waals surface area contributed by atoms with E-state index < -0.39 is 24.3 Å². The number of rotatable bonds is 4. The minimum absolute atomic E-state index is 0.00912. The van der Waals surface area contributed by atoms with E-state index >= 15 is 0 Å². The second-order valence-corrected chi connectivity index (χ2v) is 9.44. The third kappa shape index (κ3) is 4.10. The topological polar surface area (TPSA) is 65.5 Å². The van der Waals surface area contributed by atoms with Gasteiger partial charge in [0, 0.05) is 31.6 Å². The predicted octanol–water partition coefficient (Wildman–Crippen LogP) is 2.40. The maximum atomic E-state index is 14.0. The Labute approximate surface area is 176 Å². The van der Waals surface area contributed by atoms with Gasteiger partial charge in [0.05, 0.1) is 19.2 Å². The van der Waals surface area contributed by atoms with Crippen LogP contribution in [-0.2, 0) is 9.53 Å². The zero-order chi connectivity index (χ0) is 21.5. The second-order valence-electron chi connectivity index (χ2n) is 9.44. The van der Waals surface area contributed by atoms with Gasteiger partial charge in [-0.15, -0.1) is 0 Å². The maximum Gasteiger partial charge on any atom is 0.409 e. The molecule has 4 rings (SSSR count). The summed E-state index contributed by atoms with van der Waals surface area (Å²) in [5.41, 5.74) is 0.221. The van der Waals surface area contributed by atoms with Crippen LogP contribution < -0.4 is 0 Å². The summed E-state index contributed by atoms with van der Waals surface area (Å²) in [7, 11) is 0. The molecule has 9 heteroatoms. The highest BCUT2D eigenvalue weighted by molar-refractivity contribution is 5.86. The minimum Gasteiger partial charge on any atom is -0.450 e. The van der Waals surface area contributed by atoms with E-state index in [0.717, 1.165) is 58.3 Å². The third-order valence-electron chi connectivity index (χ3n) is 7.53. The first-order valence-corrected chi connectivity index (χ1v) is 11.1. The van der Waals surface area contributed by atoms with Crippen molar-refractivity contribution >= 4 is 18.7 Å². The number of hydrogen-bond donors (Lipinski definition) is 0. The van der Waals surface area contributed by atoms with E-state index in [4.69, 9.17) is 4.74 Å². The highest BCUT2D eigenvalue weighted by Gasteiger charge is 2.53. The first kappa shape index (κ1) is 21.6. The van der Waals surface area contributed by atoms with Gasteiger partial charge in [0.25, 0.3) is 11.8 Å². The third-order valence-corrected chi connectivity index (χ3v) is 7.53. The molecular formula is C21H32F2N4O3. The molecule has 0 bridgehead atoms. The van der Waals surface area contributed by atoms with Gasteiger partial charge in [0.2, 0.25) is 0 Å². The molecule has 3 heterocycles. The fraction of sp³-hybridized carbons (Fsp3) is 0.857. The number of hydrogen-bond acceptors (Lipinski definition) is 5. The molecule has 4 aliphatic rings. The van der Waals surface area contributed by atoms with Crippen LogP contribution >= 0.6 is 0 Å². The van der Waals surface area contributed by atoms with Gasteiger partial charge in [-0.25, -0.2) is 18.6 Å². The molecule has 1 saturated carbocycles. The number of ether oxygens (including phenoxy) is 1. The van der Waals surface area contributed by atoms with Crippen molar-refractivity contribution in [3.05, 3.63) is 0 Å². The molecule has 0 aromatic carbocycles. The number of carbonyl (C=O) groups is 2. The summed E-state index contributed by atoms with van der Waals surface area (Å²) in [5.74, 6) is -3.38. The molecule has 168 valence electrons. The standard InChI is InChI=1S/C21H32F2N4O3/c1-3-30-19(29)26-9-6-20(13-26)10-16(11-20)25-7-4-15(5-8-25)27-14-21(22,23)12-17(27)18(28)24-2/h15-17H,2-14H2,1H3/t16?,17-,20?/m1/s1. The van der Waals surface area contributed by atoms with Gasteiger partial charge < -0.3 is 14.5 Å². The lowest BCUT2D eigenvalue weighted by molar-refractivity contribution is -0.123. The molecule has 3 aliphatic heterocycles. The average molecular weight is 427 g/mol. The lowest BCUT2D eigenvalue weighted by atomic mass is 9.64. The molecule has 1 aliphatic carbocycles. The summed E-state index contributed by atoms with van der Waals surface area (Å²) in [6.07, 6.45) is 4.10. The quantitative estimate of drug-likeness (QED) is 0.646. The molecule has 30 heavy (non-hydrogen) atoms. The van der Waals surface area contributed by atoms with Crippen LogP contribution in [0.1, 0.15) is 45.4 Å². The number of halogens is 2. The number of carbonyl (C=O) groups excluding carboxylic acids is 2. The fourth-order valence-electron chi connectivity index (χ4n) is 5.98. The second kappa shape index (κ2) is 8.15. The molecule has 0 aromatic heterocycles. The molecule has 1 spiro atoms. The van der Waals surface area contributed by atoms with Crippen molar-refractivity contribution in [1.82, 2.24) is 14.7 Å². The Morgan fingerprint density at radius 2 is 1.80 bits per heavy atom. The van der Waals surface area contributed by atoms with Gasteiger partial charge in [-0.1, -0.05) is 0 Å². The van der Waals surface area contributed by atoms with Gasteiger partial charge in [0.15, 0.2) is 0 Å². The Balaban J connectivity index is 1.27. The van der Waals surface area contributed by atoms with Crippen LogP contribution in [0.25, 0.3) is 0 Å². The molecule has 7 nitrogen and oxygen atoms in total. The van der Waals surface area contributed by atoms with Crippen molar-refractivity contribution in [1.29, 1.82) is 0 Å². The number of amides is 2. The molecule has 0 N–H and O–H groups in total. The largest absolute Gasteiger partial charge is 0.450 e. The van der Waals surface area contributed by atoms with Crippen LogP contribution in [-0.4, -0.2) is 96.8 Å². The lowest BCUT2D eigenvalue weighted by Crippen LogP contribution is -2.56. The van der Waals surface area contributed by atoms with Crippen molar-refractivity contribution in [2.75, 3.05) is 39.3 Å². The number of likely N-dealkylation sites (tertiary alicyclic amines) is 3. The number of nitrogens with zero attached hydrogens (tertiary/aromatic N) is 4. The summed E-state index contributed by atoms with van der Waals surface area (Å²) < 4.78 is 33.1. The summed E-state index contributed by atoms with van der Waals surface area (Å²) in [5, 5.41) is 0. The first-order valence-electron chi connectivity index (χ1n) is 11.1. The van der Waals surface area contributed by atoms with Crippen LogP contribution in [0, 0.1) is 5.41 Å². The number of piperidine rings is 1. The Morgan fingerprint density at radius 3 is 2.43 bits per heavy atom. The molecular weight excluding hydrogens is 394 g/mol. The Hall–Kier alpha value is -1.61. The predicted molar refractivity (Wildman–Crippen MR) is 108 cm³/mol. The fourth-order valence-corrected chi connectivity index (χ4v) is 5.98. The van der Waals surface area contributed by atoms with Crippen molar-refractivity contribution in [2.45, 2.75) is 69.5 Å². The highest BCUT2D eigenvalue weighted by atomic mass is 19.3.